The van der Waals surface area contributed by atoms with Gasteiger partial charge in [-0.25, -0.2) is 0 Å². The molecule has 2 nitrogen and oxygen atoms in total. The van der Waals surface area contributed by atoms with Crippen molar-refractivity contribution in [1.82, 2.24) is 0 Å². The third kappa shape index (κ3) is 34.4. The zero-order valence-electron chi connectivity index (χ0n) is 28.9. The summed E-state index contributed by atoms with van der Waals surface area (Å²) in [6.07, 6.45) is 47.3. The van der Waals surface area contributed by atoms with Gasteiger partial charge in [-0.15, -0.1) is 0 Å². The molecule has 0 aromatic rings. The summed E-state index contributed by atoms with van der Waals surface area (Å²) in [5.41, 5.74) is 0. The molecule has 2 atom stereocenters. The predicted molar refractivity (Wildman–Crippen MR) is 193 cm³/mol. The largest absolute Gasteiger partial charge is 0.375 e. The molecule has 0 bridgehead atoms. The highest BCUT2D eigenvalue weighted by Gasteiger charge is 2.14. The number of allylic oxidation sites excluding steroid dienone is 4. The number of unbranched alkanes of at least 4 members (excludes halogenated alkanes) is 24. The zero-order chi connectivity index (χ0) is 30.6. The molecule has 0 aliphatic rings. The molecule has 0 saturated heterocycles. The fourth-order valence-corrected chi connectivity index (χ4v) is 5.71. The van der Waals surface area contributed by atoms with Crippen molar-refractivity contribution in [3.8, 4) is 0 Å². The Kier molecular flexibility index (Phi) is 37.0. The Morgan fingerprint density at radius 1 is 0.405 bits per heavy atom. The van der Waals surface area contributed by atoms with E-state index < -0.39 is 0 Å². The van der Waals surface area contributed by atoms with Crippen LogP contribution in [-0.2, 0) is 9.47 Å². The van der Waals surface area contributed by atoms with E-state index in [2.05, 4.69) is 61.0 Å². The standard InChI is InChI=1S/C39H75BrO2/c1-4-6-8-10-12-14-16-18-20-22-24-26-28-30-32-34-36-41-38(3)39(40)42-37-35-33-31-29-27-25-23-21-19-17-15-13-11-9-7-5-2/h18-21,38-39H,4-17,22-37H2,1-3H3/b20-18-,21-19-. The molecule has 0 aromatic carbocycles. The Morgan fingerprint density at radius 3 is 1.05 bits per heavy atom. The monoisotopic (exact) mass is 654 g/mol. The van der Waals surface area contributed by atoms with E-state index in [0.717, 1.165) is 26.1 Å². The first kappa shape index (κ1) is 41.9. The van der Waals surface area contributed by atoms with Crippen molar-refractivity contribution in [3.05, 3.63) is 24.3 Å². The van der Waals surface area contributed by atoms with Crippen LogP contribution in [0.5, 0.6) is 0 Å². The van der Waals surface area contributed by atoms with E-state index in [1.807, 2.05) is 0 Å². The van der Waals surface area contributed by atoms with Crippen molar-refractivity contribution in [2.24, 2.45) is 0 Å². The third-order valence-corrected chi connectivity index (χ3v) is 9.35. The van der Waals surface area contributed by atoms with Crippen LogP contribution in [-0.4, -0.2) is 24.3 Å². The minimum atomic E-state index is 0.00902. The van der Waals surface area contributed by atoms with Crippen molar-refractivity contribution in [1.29, 1.82) is 0 Å². The number of alkyl halides is 1. The first-order valence-electron chi connectivity index (χ1n) is 18.9. The average molecular weight is 656 g/mol. The van der Waals surface area contributed by atoms with E-state index in [1.54, 1.807) is 0 Å². The smallest absolute Gasteiger partial charge is 0.138 e. The van der Waals surface area contributed by atoms with Crippen molar-refractivity contribution in [2.75, 3.05) is 13.2 Å². The number of rotatable bonds is 35. The molecule has 0 aliphatic carbocycles. The van der Waals surface area contributed by atoms with Crippen molar-refractivity contribution in [3.63, 3.8) is 0 Å². The zero-order valence-corrected chi connectivity index (χ0v) is 30.5. The lowest BCUT2D eigenvalue weighted by Gasteiger charge is -2.19. The summed E-state index contributed by atoms with van der Waals surface area (Å²) < 4.78 is 12.0. The van der Waals surface area contributed by atoms with Gasteiger partial charge in [0.15, 0.2) is 0 Å². The Bertz CT molecular complexity index is 499. The summed E-state index contributed by atoms with van der Waals surface area (Å²) in [5, 5.41) is 0.00902. The lowest BCUT2D eigenvalue weighted by atomic mass is 10.1. The fraction of sp³-hybridized carbons (Fsp3) is 0.897. The second kappa shape index (κ2) is 37.1. The van der Waals surface area contributed by atoms with Crippen LogP contribution < -0.4 is 0 Å². The van der Waals surface area contributed by atoms with Gasteiger partial charge < -0.3 is 9.47 Å². The Hall–Kier alpha value is -0.120. The second-order valence-electron chi connectivity index (χ2n) is 12.7. The molecule has 250 valence electrons. The van der Waals surface area contributed by atoms with Gasteiger partial charge in [0.25, 0.3) is 0 Å². The molecule has 42 heavy (non-hydrogen) atoms. The molecular formula is C39H75BrO2. The van der Waals surface area contributed by atoms with Crippen molar-refractivity contribution >= 4 is 15.9 Å². The molecule has 0 fully saturated rings. The van der Waals surface area contributed by atoms with E-state index in [4.69, 9.17) is 9.47 Å². The molecule has 0 aromatic heterocycles. The van der Waals surface area contributed by atoms with Crippen LogP contribution in [0.15, 0.2) is 24.3 Å². The van der Waals surface area contributed by atoms with E-state index in [9.17, 15) is 0 Å². The van der Waals surface area contributed by atoms with Crippen molar-refractivity contribution in [2.45, 2.75) is 212 Å². The average Bonchev–Trinajstić information content (AvgIpc) is 3.00. The molecule has 0 heterocycles. The van der Waals surface area contributed by atoms with Gasteiger partial charge in [-0.3, -0.25) is 0 Å². The second-order valence-corrected chi connectivity index (χ2v) is 13.6. The van der Waals surface area contributed by atoms with Crippen LogP contribution in [0.3, 0.4) is 0 Å². The maximum absolute atomic E-state index is 6.02. The van der Waals surface area contributed by atoms with E-state index in [-0.39, 0.29) is 11.1 Å². The molecule has 0 radical (unpaired) electrons. The van der Waals surface area contributed by atoms with Gasteiger partial charge in [-0.05, 0) is 71.1 Å². The van der Waals surface area contributed by atoms with Gasteiger partial charge in [0.1, 0.15) is 5.01 Å². The van der Waals surface area contributed by atoms with Crippen LogP contribution in [0.1, 0.15) is 201 Å². The summed E-state index contributed by atoms with van der Waals surface area (Å²) in [7, 11) is 0. The van der Waals surface area contributed by atoms with E-state index >= 15 is 0 Å². The van der Waals surface area contributed by atoms with Gasteiger partial charge in [0.05, 0.1) is 6.10 Å². The quantitative estimate of drug-likeness (QED) is 0.0384. The fourth-order valence-electron chi connectivity index (χ4n) is 5.38. The maximum Gasteiger partial charge on any atom is 0.138 e. The molecular weight excluding hydrogens is 580 g/mol. The molecule has 3 heteroatoms. The first-order valence-corrected chi connectivity index (χ1v) is 19.8. The summed E-state index contributed by atoms with van der Waals surface area (Å²) in [4.78, 5) is 0. The number of halogens is 1. The van der Waals surface area contributed by atoms with Crippen LogP contribution in [0.2, 0.25) is 0 Å². The minimum absolute atomic E-state index is 0.00902. The van der Waals surface area contributed by atoms with Crippen LogP contribution >= 0.6 is 15.9 Å². The van der Waals surface area contributed by atoms with Crippen LogP contribution in [0.4, 0.5) is 0 Å². The van der Waals surface area contributed by atoms with E-state index in [1.165, 1.54) is 167 Å². The highest BCUT2D eigenvalue weighted by Crippen LogP contribution is 2.15. The van der Waals surface area contributed by atoms with Crippen LogP contribution in [0, 0.1) is 0 Å². The Balaban J connectivity index is 3.34. The highest BCUT2D eigenvalue weighted by molar-refractivity contribution is 9.09. The molecule has 0 N–H and O–H groups in total. The summed E-state index contributed by atoms with van der Waals surface area (Å²) >= 11 is 3.68. The molecule has 0 saturated carbocycles. The predicted octanol–water partition coefficient (Wildman–Crippen LogP) is 14.2. The Labute approximate surface area is 273 Å². The SMILES string of the molecule is CCCCCCCC/C=C\CCCCCCCCOC(C)C(Br)OCCCCCCCC/C=C\CCCCCCCC. The van der Waals surface area contributed by atoms with Gasteiger partial charge in [0.2, 0.25) is 0 Å². The van der Waals surface area contributed by atoms with E-state index in [0.29, 0.717) is 0 Å². The van der Waals surface area contributed by atoms with Crippen LogP contribution in [0.25, 0.3) is 0 Å². The number of ether oxygens (including phenoxy) is 2. The summed E-state index contributed by atoms with van der Waals surface area (Å²) in [5.74, 6) is 0. The van der Waals surface area contributed by atoms with Gasteiger partial charge >= 0.3 is 0 Å². The molecule has 0 amide bonds. The topological polar surface area (TPSA) is 18.5 Å². The minimum Gasteiger partial charge on any atom is -0.375 e. The molecule has 0 rings (SSSR count). The number of hydrogen-bond donors (Lipinski definition) is 0. The van der Waals surface area contributed by atoms with Gasteiger partial charge in [-0.1, -0.05) is 170 Å². The molecule has 0 aliphatic heterocycles. The lowest BCUT2D eigenvalue weighted by Crippen LogP contribution is -2.24. The number of hydrogen-bond acceptors (Lipinski definition) is 2. The lowest BCUT2D eigenvalue weighted by molar-refractivity contribution is -0.0226. The molecule has 2 unspecified atom stereocenters. The summed E-state index contributed by atoms with van der Waals surface area (Å²) in [6.45, 7) is 8.38. The summed E-state index contributed by atoms with van der Waals surface area (Å²) in [6, 6.07) is 0. The van der Waals surface area contributed by atoms with Crippen molar-refractivity contribution < 1.29 is 9.47 Å². The molecule has 0 spiro atoms. The van der Waals surface area contributed by atoms with Gasteiger partial charge in [0, 0.05) is 13.2 Å². The first-order chi connectivity index (χ1) is 20.7. The third-order valence-electron chi connectivity index (χ3n) is 8.34. The van der Waals surface area contributed by atoms with Gasteiger partial charge in [-0.2, -0.15) is 0 Å². The Morgan fingerprint density at radius 2 is 0.690 bits per heavy atom. The normalized spacial score (nSPS) is 13.5. The maximum atomic E-state index is 6.02. The highest BCUT2D eigenvalue weighted by atomic mass is 79.9.